The van der Waals surface area contributed by atoms with Gasteiger partial charge in [-0.25, -0.2) is 9.97 Å². The van der Waals surface area contributed by atoms with Gasteiger partial charge in [0.15, 0.2) is 0 Å². The maximum Gasteiger partial charge on any atom is 0.253 e. The number of aromatic nitrogens is 5. The summed E-state index contributed by atoms with van der Waals surface area (Å²) in [4.78, 5) is 29.3. The lowest BCUT2D eigenvalue weighted by atomic mass is 9.60. The van der Waals surface area contributed by atoms with E-state index in [0.29, 0.717) is 12.1 Å². The molecule has 1 spiro atoms. The fourth-order valence-electron chi connectivity index (χ4n) is 5.71. The van der Waals surface area contributed by atoms with Gasteiger partial charge in [0, 0.05) is 55.1 Å². The number of fused-ring (bicyclic) bond motifs is 1. The smallest absolute Gasteiger partial charge is 0.253 e. The van der Waals surface area contributed by atoms with Crippen molar-refractivity contribution in [3.63, 3.8) is 0 Å². The molecule has 0 unspecified atom stereocenters. The summed E-state index contributed by atoms with van der Waals surface area (Å²) in [6, 6.07) is 11.0. The standard InChI is InChI=1S/C26H27N7O/c1-31(24-22-8-9-27-23(22)28-16-29-24)21-10-26(11-21)14-32(15-26)25(34)18-4-2-17(3-5-18)19-12-30-33(13-19)20-6-7-20/h2-5,8-9,12-13,16,20-21H,6-7,10-11,14-15H2,1H3,(H,27,28,29). The van der Waals surface area contributed by atoms with Gasteiger partial charge in [0.1, 0.15) is 17.8 Å². The lowest BCUT2D eigenvalue weighted by Crippen LogP contribution is -2.67. The van der Waals surface area contributed by atoms with Crippen molar-refractivity contribution < 1.29 is 4.79 Å². The number of carbonyl (C=O) groups excluding carboxylic acids is 1. The van der Waals surface area contributed by atoms with Crippen molar-refractivity contribution in [1.29, 1.82) is 0 Å². The van der Waals surface area contributed by atoms with Gasteiger partial charge in [0.05, 0.1) is 17.6 Å². The van der Waals surface area contributed by atoms with E-state index in [2.05, 4.69) is 42.9 Å². The number of carbonyl (C=O) groups is 1. The lowest BCUT2D eigenvalue weighted by Gasteiger charge is -2.60. The van der Waals surface area contributed by atoms with E-state index < -0.39 is 0 Å². The largest absolute Gasteiger partial charge is 0.356 e. The van der Waals surface area contributed by atoms with Crippen LogP contribution in [0.3, 0.4) is 0 Å². The van der Waals surface area contributed by atoms with Crippen LogP contribution >= 0.6 is 0 Å². The molecule has 172 valence electrons. The zero-order valence-corrected chi connectivity index (χ0v) is 19.2. The number of likely N-dealkylation sites (tertiary alicyclic amines) is 1. The number of hydrogen-bond donors (Lipinski definition) is 1. The van der Waals surface area contributed by atoms with E-state index in [1.165, 1.54) is 12.8 Å². The van der Waals surface area contributed by atoms with Crippen molar-refractivity contribution in [2.24, 2.45) is 5.41 Å². The molecule has 1 aliphatic heterocycles. The first-order valence-corrected chi connectivity index (χ1v) is 12.0. The molecule has 1 amide bonds. The first kappa shape index (κ1) is 19.8. The Kier molecular flexibility index (Phi) is 4.16. The third kappa shape index (κ3) is 3.12. The summed E-state index contributed by atoms with van der Waals surface area (Å²) >= 11 is 0. The predicted molar refractivity (Wildman–Crippen MR) is 130 cm³/mol. The third-order valence-electron chi connectivity index (χ3n) is 7.88. The Labute approximate surface area is 197 Å². The van der Waals surface area contributed by atoms with Crippen LogP contribution in [0.15, 0.2) is 55.2 Å². The maximum atomic E-state index is 13.0. The molecule has 3 aromatic heterocycles. The second-order valence-electron chi connectivity index (χ2n) is 10.3. The minimum absolute atomic E-state index is 0.132. The Hall–Kier alpha value is -3.68. The van der Waals surface area contributed by atoms with Crippen LogP contribution in [0.4, 0.5) is 5.82 Å². The number of nitrogens with zero attached hydrogens (tertiary/aromatic N) is 6. The summed E-state index contributed by atoms with van der Waals surface area (Å²) in [5.41, 5.74) is 4.11. The number of nitrogens with one attached hydrogen (secondary N) is 1. The second-order valence-corrected chi connectivity index (χ2v) is 10.3. The SMILES string of the molecule is CN(c1ncnc2[nH]ccc12)C1CC2(C1)CN(C(=O)c1ccc(-c3cnn(C4CC4)c3)cc1)C2. The summed E-state index contributed by atoms with van der Waals surface area (Å²) in [7, 11) is 2.11. The molecule has 34 heavy (non-hydrogen) atoms. The Morgan fingerprint density at radius 3 is 2.65 bits per heavy atom. The Bertz CT molecular complexity index is 1370. The molecule has 3 aliphatic rings. The molecule has 2 aliphatic carbocycles. The van der Waals surface area contributed by atoms with E-state index in [-0.39, 0.29) is 11.3 Å². The first-order chi connectivity index (χ1) is 16.6. The van der Waals surface area contributed by atoms with Crippen molar-refractivity contribution in [2.45, 2.75) is 37.8 Å². The second kappa shape index (κ2) is 7.16. The molecule has 4 aromatic rings. The van der Waals surface area contributed by atoms with Crippen LogP contribution < -0.4 is 4.90 Å². The summed E-state index contributed by atoms with van der Waals surface area (Å²) in [6.07, 6.45) is 12.2. The third-order valence-corrected chi connectivity index (χ3v) is 7.88. The zero-order valence-electron chi connectivity index (χ0n) is 19.2. The van der Waals surface area contributed by atoms with Gasteiger partial charge in [-0.3, -0.25) is 9.48 Å². The molecule has 0 atom stereocenters. The molecule has 1 saturated heterocycles. The summed E-state index contributed by atoms with van der Waals surface area (Å²) in [5.74, 6) is 1.11. The zero-order chi connectivity index (χ0) is 22.9. The number of aromatic amines is 1. The molecule has 7 rings (SSSR count). The summed E-state index contributed by atoms with van der Waals surface area (Å²) in [5, 5.41) is 5.53. The average Bonchev–Trinajstić information content (AvgIpc) is 3.33. The normalized spacial score (nSPS) is 19.3. The first-order valence-electron chi connectivity index (χ1n) is 12.0. The molecule has 3 fully saturated rings. The van der Waals surface area contributed by atoms with Crippen LogP contribution in [0.25, 0.3) is 22.2 Å². The predicted octanol–water partition coefficient (Wildman–Crippen LogP) is 3.90. The molecular formula is C26H27N7O. The van der Waals surface area contributed by atoms with E-state index >= 15 is 0 Å². The number of amides is 1. The Morgan fingerprint density at radius 2 is 1.88 bits per heavy atom. The van der Waals surface area contributed by atoms with Gasteiger partial charge in [-0.15, -0.1) is 0 Å². The molecule has 8 heteroatoms. The highest BCUT2D eigenvalue weighted by atomic mass is 16.2. The van der Waals surface area contributed by atoms with Crippen LogP contribution in [0.2, 0.25) is 0 Å². The van der Waals surface area contributed by atoms with E-state index in [9.17, 15) is 4.79 Å². The van der Waals surface area contributed by atoms with Crippen LogP contribution in [-0.2, 0) is 0 Å². The number of hydrogen-bond acceptors (Lipinski definition) is 5. The van der Waals surface area contributed by atoms with E-state index in [1.807, 2.05) is 47.6 Å². The molecule has 4 heterocycles. The van der Waals surface area contributed by atoms with E-state index in [0.717, 1.165) is 59.5 Å². The highest BCUT2D eigenvalue weighted by Crippen LogP contribution is 2.51. The molecule has 1 aromatic carbocycles. The van der Waals surface area contributed by atoms with Crippen molar-refractivity contribution >= 4 is 22.8 Å². The van der Waals surface area contributed by atoms with Gasteiger partial charge in [-0.05, 0) is 49.4 Å². The van der Waals surface area contributed by atoms with Gasteiger partial charge in [-0.1, -0.05) is 12.1 Å². The van der Waals surface area contributed by atoms with Crippen molar-refractivity contribution in [3.05, 3.63) is 60.8 Å². The monoisotopic (exact) mass is 453 g/mol. The highest BCUT2D eigenvalue weighted by Gasteiger charge is 2.55. The van der Waals surface area contributed by atoms with Crippen molar-refractivity contribution in [2.75, 3.05) is 25.0 Å². The fourth-order valence-corrected chi connectivity index (χ4v) is 5.71. The van der Waals surface area contributed by atoms with Crippen molar-refractivity contribution in [1.82, 2.24) is 29.6 Å². The van der Waals surface area contributed by atoms with Crippen LogP contribution in [0.1, 0.15) is 42.1 Å². The average molecular weight is 454 g/mol. The quantitative estimate of drug-likeness (QED) is 0.496. The van der Waals surface area contributed by atoms with Gasteiger partial charge in [0.25, 0.3) is 5.91 Å². The minimum atomic E-state index is 0.132. The van der Waals surface area contributed by atoms with Crippen LogP contribution in [0, 0.1) is 5.41 Å². The topological polar surface area (TPSA) is 82.9 Å². The van der Waals surface area contributed by atoms with Crippen LogP contribution in [0.5, 0.6) is 0 Å². The van der Waals surface area contributed by atoms with Gasteiger partial charge in [-0.2, -0.15) is 5.10 Å². The number of rotatable bonds is 5. The summed E-state index contributed by atoms with van der Waals surface area (Å²) < 4.78 is 2.06. The van der Waals surface area contributed by atoms with E-state index in [4.69, 9.17) is 0 Å². The molecule has 2 saturated carbocycles. The molecular weight excluding hydrogens is 426 g/mol. The number of anilines is 1. The number of benzene rings is 1. The van der Waals surface area contributed by atoms with E-state index in [1.54, 1.807) is 6.33 Å². The maximum absolute atomic E-state index is 13.0. The molecule has 0 radical (unpaired) electrons. The molecule has 8 nitrogen and oxygen atoms in total. The molecule has 1 N–H and O–H groups in total. The van der Waals surface area contributed by atoms with Gasteiger partial charge < -0.3 is 14.8 Å². The van der Waals surface area contributed by atoms with Gasteiger partial charge in [0.2, 0.25) is 0 Å². The Morgan fingerprint density at radius 1 is 1.09 bits per heavy atom. The highest BCUT2D eigenvalue weighted by molar-refractivity contribution is 5.95. The molecule has 0 bridgehead atoms. The van der Waals surface area contributed by atoms with Crippen LogP contribution in [-0.4, -0.2) is 61.7 Å². The fraction of sp³-hybridized carbons (Fsp3) is 0.385. The number of H-pyrrole nitrogens is 1. The van der Waals surface area contributed by atoms with Gasteiger partial charge >= 0.3 is 0 Å². The summed E-state index contributed by atoms with van der Waals surface area (Å²) in [6.45, 7) is 1.69. The van der Waals surface area contributed by atoms with Crippen molar-refractivity contribution in [3.8, 4) is 11.1 Å². The minimum Gasteiger partial charge on any atom is -0.356 e. The lowest BCUT2D eigenvalue weighted by molar-refractivity contribution is -0.0541. The Balaban J connectivity index is 0.971.